The van der Waals surface area contributed by atoms with Gasteiger partial charge in [0.25, 0.3) is 11.8 Å². The van der Waals surface area contributed by atoms with Gasteiger partial charge in [0.05, 0.1) is 18.5 Å². The summed E-state index contributed by atoms with van der Waals surface area (Å²) in [4.78, 5) is 25.7. The molecule has 0 bridgehead atoms. The lowest BCUT2D eigenvalue weighted by molar-refractivity contribution is -0.125. The lowest BCUT2D eigenvalue weighted by atomic mass is 10.1. The average molecular weight is 369 g/mol. The van der Waals surface area contributed by atoms with Crippen molar-refractivity contribution in [3.8, 4) is 17.2 Å². The number of carbonyl (C=O) groups is 2. The van der Waals surface area contributed by atoms with Crippen LogP contribution in [0.15, 0.2) is 47.6 Å². The van der Waals surface area contributed by atoms with Crippen LogP contribution in [-0.2, 0) is 9.59 Å². The van der Waals surface area contributed by atoms with Crippen molar-refractivity contribution in [3.05, 3.63) is 48.0 Å². The number of hydrogen-bond donors (Lipinski definition) is 2. The molecule has 0 aromatic heterocycles. The maximum absolute atomic E-state index is 12.3. The van der Waals surface area contributed by atoms with Gasteiger partial charge in [-0.2, -0.15) is 5.10 Å². The Balaban J connectivity index is 1.69. The highest BCUT2D eigenvalue weighted by molar-refractivity contribution is 6.03. The summed E-state index contributed by atoms with van der Waals surface area (Å²) >= 11 is 0. The maximum atomic E-state index is 12.3. The van der Waals surface area contributed by atoms with Crippen molar-refractivity contribution < 1.29 is 24.2 Å². The van der Waals surface area contributed by atoms with Crippen LogP contribution < -0.4 is 19.8 Å². The van der Waals surface area contributed by atoms with Crippen molar-refractivity contribution in [2.45, 2.75) is 6.92 Å². The summed E-state index contributed by atoms with van der Waals surface area (Å²) in [5, 5.41) is 14.0. The molecular weight excluding hydrogens is 350 g/mol. The monoisotopic (exact) mass is 369 g/mol. The molecule has 1 aliphatic rings. The Morgan fingerprint density at radius 3 is 2.85 bits per heavy atom. The van der Waals surface area contributed by atoms with Crippen LogP contribution in [0.25, 0.3) is 0 Å². The number of methoxy groups -OCH3 is 1. The van der Waals surface area contributed by atoms with E-state index in [1.807, 2.05) is 0 Å². The topological polar surface area (TPSA) is 100 Å². The van der Waals surface area contributed by atoms with Crippen molar-refractivity contribution in [2.75, 3.05) is 25.2 Å². The number of fused-ring (bicyclic) bond motifs is 1. The van der Waals surface area contributed by atoms with Crippen LogP contribution in [0.1, 0.15) is 12.5 Å². The molecule has 0 spiro atoms. The largest absolute Gasteiger partial charge is 0.507 e. The number of carbonyl (C=O) groups excluding carboxylic acids is 2. The number of nitrogens with one attached hydrogen (secondary N) is 1. The molecule has 0 atom stereocenters. The highest BCUT2D eigenvalue weighted by Crippen LogP contribution is 2.31. The van der Waals surface area contributed by atoms with Crippen molar-refractivity contribution >= 4 is 23.2 Å². The number of phenols is 1. The van der Waals surface area contributed by atoms with E-state index in [0.29, 0.717) is 28.5 Å². The number of rotatable bonds is 5. The molecule has 0 fully saturated rings. The zero-order valence-electron chi connectivity index (χ0n) is 14.9. The third-order valence-corrected chi connectivity index (χ3v) is 4.05. The second-order valence-corrected chi connectivity index (χ2v) is 5.85. The first-order valence-electron chi connectivity index (χ1n) is 8.22. The van der Waals surface area contributed by atoms with Crippen LogP contribution in [-0.4, -0.2) is 42.9 Å². The molecule has 2 amide bonds. The Kier molecular flexibility index (Phi) is 5.25. The van der Waals surface area contributed by atoms with Gasteiger partial charge in [-0.25, -0.2) is 5.43 Å². The number of nitrogens with zero attached hydrogens (tertiary/aromatic N) is 2. The number of hydrazone groups is 1. The average Bonchev–Trinajstić information content (AvgIpc) is 2.68. The number of aromatic hydroxyl groups is 1. The molecule has 140 valence electrons. The van der Waals surface area contributed by atoms with Crippen LogP contribution >= 0.6 is 0 Å². The first kappa shape index (κ1) is 18.2. The van der Waals surface area contributed by atoms with Crippen molar-refractivity contribution in [2.24, 2.45) is 5.10 Å². The van der Waals surface area contributed by atoms with Gasteiger partial charge >= 0.3 is 0 Å². The molecule has 0 radical (unpaired) electrons. The molecule has 27 heavy (non-hydrogen) atoms. The molecule has 1 heterocycles. The van der Waals surface area contributed by atoms with Gasteiger partial charge in [-0.15, -0.1) is 0 Å². The van der Waals surface area contributed by atoms with E-state index in [1.54, 1.807) is 43.3 Å². The Morgan fingerprint density at radius 2 is 2.11 bits per heavy atom. The molecule has 8 nitrogen and oxygen atoms in total. The second-order valence-electron chi connectivity index (χ2n) is 5.85. The molecule has 3 rings (SSSR count). The van der Waals surface area contributed by atoms with Crippen molar-refractivity contribution in [1.29, 1.82) is 0 Å². The third-order valence-electron chi connectivity index (χ3n) is 4.05. The SMILES string of the molecule is COc1ccc(/C(C)=N/NC(=O)CN2C(=O)COc3ccccc32)c(O)c1. The van der Waals surface area contributed by atoms with E-state index in [4.69, 9.17) is 9.47 Å². The minimum absolute atomic E-state index is 0.0119. The minimum Gasteiger partial charge on any atom is -0.507 e. The highest BCUT2D eigenvalue weighted by Gasteiger charge is 2.26. The van der Waals surface area contributed by atoms with Crippen LogP contribution in [0.3, 0.4) is 0 Å². The van der Waals surface area contributed by atoms with E-state index < -0.39 is 5.91 Å². The second kappa shape index (κ2) is 7.77. The summed E-state index contributed by atoms with van der Waals surface area (Å²) in [6, 6.07) is 11.8. The zero-order chi connectivity index (χ0) is 19.4. The van der Waals surface area contributed by atoms with E-state index in [2.05, 4.69) is 10.5 Å². The van der Waals surface area contributed by atoms with E-state index in [9.17, 15) is 14.7 Å². The van der Waals surface area contributed by atoms with Crippen molar-refractivity contribution in [3.63, 3.8) is 0 Å². The van der Waals surface area contributed by atoms with Gasteiger partial charge < -0.3 is 14.6 Å². The van der Waals surface area contributed by atoms with Gasteiger partial charge in [-0.1, -0.05) is 12.1 Å². The van der Waals surface area contributed by atoms with Crippen LogP contribution in [0.2, 0.25) is 0 Å². The molecular formula is C19H19N3O5. The van der Waals surface area contributed by atoms with Crippen molar-refractivity contribution in [1.82, 2.24) is 5.43 Å². The lowest BCUT2D eigenvalue weighted by Crippen LogP contribution is -2.44. The summed E-state index contributed by atoms with van der Waals surface area (Å²) in [5.41, 5.74) is 3.82. The van der Waals surface area contributed by atoms with E-state index >= 15 is 0 Å². The number of para-hydroxylation sites is 2. The molecule has 0 saturated carbocycles. The third kappa shape index (κ3) is 4.00. The molecule has 8 heteroatoms. The van der Waals surface area contributed by atoms with E-state index in [-0.39, 0.29) is 24.8 Å². The fraction of sp³-hybridized carbons (Fsp3) is 0.211. The Labute approximate surface area is 156 Å². The Morgan fingerprint density at radius 1 is 1.33 bits per heavy atom. The molecule has 2 aromatic rings. The summed E-state index contributed by atoms with van der Waals surface area (Å²) in [6.45, 7) is 1.34. The van der Waals surface area contributed by atoms with Crippen LogP contribution in [0.5, 0.6) is 17.2 Å². The van der Waals surface area contributed by atoms with Gasteiger partial charge in [0.1, 0.15) is 23.8 Å². The molecule has 0 saturated heterocycles. The van der Waals surface area contributed by atoms with E-state index in [1.165, 1.54) is 18.1 Å². The number of amides is 2. The first-order chi connectivity index (χ1) is 13.0. The molecule has 0 unspecified atom stereocenters. The first-order valence-corrected chi connectivity index (χ1v) is 8.22. The Bertz CT molecular complexity index is 910. The molecule has 2 N–H and O–H groups in total. The molecule has 2 aromatic carbocycles. The smallest absolute Gasteiger partial charge is 0.265 e. The maximum Gasteiger partial charge on any atom is 0.265 e. The molecule has 0 aliphatic carbocycles. The summed E-state index contributed by atoms with van der Waals surface area (Å²) in [6.07, 6.45) is 0. The van der Waals surface area contributed by atoms with Crippen LogP contribution in [0, 0.1) is 0 Å². The van der Waals surface area contributed by atoms with E-state index in [0.717, 1.165) is 0 Å². The van der Waals surface area contributed by atoms with Crippen LogP contribution in [0.4, 0.5) is 5.69 Å². The number of benzene rings is 2. The Hall–Kier alpha value is -3.55. The van der Waals surface area contributed by atoms with Gasteiger partial charge in [-0.05, 0) is 31.2 Å². The minimum atomic E-state index is -0.465. The highest BCUT2D eigenvalue weighted by atomic mass is 16.5. The van der Waals surface area contributed by atoms with Gasteiger partial charge in [-0.3, -0.25) is 14.5 Å². The summed E-state index contributed by atoms with van der Waals surface area (Å²) in [7, 11) is 1.50. The lowest BCUT2D eigenvalue weighted by Gasteiger charge is -2.28. The summed E-state index contributed by atoms with van der Waals surface area (Å²) < 4.78 is 10.4. The standard InChI is InChI=1S/C19H19N3O5/c1-12(14-8-7-13(26-2)9-16(14)23)20-21-18(24)10-22-15-5-3-4-6-17(15)27-11-19(22)25/h3-9,23H,10-11H2,1-2H3,(H,21,24)/b20-12+. The normalized spacial score (nSPS) is 13.6. The number of ether oxygens (including phenoxy) is 2. The number of phenolic OH excluding ortho intramolecular Hbond substituents is 1. The van der Waals surface area contributed by atoms with Gasteiger partial charge in [0.15, 0.2) is 6.61 Å². The number of hydrogen-bond acceptors (Lipinski definition) is 6. The van der Waals surface area contributed by atoms with Gasteiger partial charge in [0, 0.05) is 11.6 Å². The number of anilines is 1. The summed E-state index contributed by atoms with van der Waals surface area (Å²) in [5.74, 6) is 0.275. The zero-order valence-corrected chi connectivity index (χ0v) is 14.9. The molecule has 1 aliphatic heterocycles. The van der Waals surface area contributed by atoms with Gasteiger partial charge in [0.2, 0.25) is 0 Å². The predicted molar refractivity (Wildman–Crippen MR) is 99.3 cm³/mol. The quantitative estimate of drug-likeness (QED) is 0.617. The fourth-order valence-electron chi connectivity index (χ4n) is 2.66. The fourth-order valence-corrected chi connectivity index (χ4v) is 2.66. The predicted octanol–water partition coefficient (Wildman–Crippen LogP) is 1.67.